The molecular weight excluding hydrogens is 569 g/mol. The molecule has 3 heterocycles. The SMILES string of the molecule is Cc1cnc(N2CC(O)(c3ccc(OCc4c(C5CC5)cnn4-c4c(Cl)cc(F)cc4Cl)cc3Cl)C2)c(F)c1. The van der Waals surface area contributed by atoms with Gasteiger partial charge in [0, 0.05) is 17.3 Å². The van der Waals surface area contributed by atoms with Crippen molar-refractivity contribution in [3.8, 4) is 11.4 Å². The van der Waals surface area contributed by atoms with E-state index in [-0.39, 0.29) is 35.6 Å². The number of rotatable bonds is 7. The molecule has 2 aliphatic rings. The number of halogens is 5. The quantitative estimate of drug-likeness (QED) is 0.251. The van der Waals surface area contributed by atoms with Crippen molar-refractivity contribution < 1.29 is 18.6 Å². The fourth-order valence-electron chi connectivity index (χ4n) is 4.97. The number of hydrogen-bond acceptors (Lipinski definition) is 5. The van der Waals surface area contributed by atoms with Gasteiger partial charge < -0.3 is 14.7 Å². The van der Waals surface area contributed by atoms with E-state index in [0.717, 1.165) is 29.7 Å². The van der Waals surface area contributed by atoms with Crippen LogP contribution in [-0.2, 0) is 12.2 Å². The van der Waals surface area contributed by atoms with Gasteiger partial charge in [0.05, 0.1) is 40.0 Å². The molecule has 0 atom stereocenters. The summed E-state index contributed by atoms with van der Waals surface area (Å²) < 4.78 is 35.8. The van der Waals surface area contributed by atoms with Crippen molar-refractivity contribution in [3.63, 3.8) is 0 Å². The fourth-order valence-corrected chi connectivity index (χ4v) is 5.94. The highest BCUT2D eigenvalue weighted by molar-refractivity contribution is 6.37. The van der Waals surface area contributed by atoms with Gasteiger partial charge in [0.25, 0.3) is 0 Å². The van der Waals surface area contributed by atoms with E-state index >= 15 is 0 Å². The molecule has 2 aromatic carbocycles. The third kappa shape index (κ3) is 4.95. The Labute approximate surface area is 238 Å². The van der Waals surface area contributed by atoms with Crippen LogP contribution in [0.3, 0.4) is 0 Å². The summed E-state index contributed by atoms with van der Waals surface area (Å²) in [5, 5.41) is 16.3. The number of aryl methyl sites for hydroxylation is 1. The molecule has 2 fully saturated rings. The number of aromatic nitrogens is 3. The first kappa shape index (κ1) is 26.3. The molecule has 1 saturated carbocycles. The molecule has 11 heteroatoms. The van der Waals surface area contributed by atoms with Crippen LogP contribution < -0.4 is 9.64 Å². The Bertz CT molecular complexity index is 1560. The van der Waals surface area contributed by atoms with Gasteiger partial charge in [-0.3, -0.25) is 0 Å². The summed E-state index contributed by atoms with van der Waals surface area (Å²) in [6.07, 6.45) is 5.45. The van der Waals surface area contributed by atoms with Crippen LogP contribution in [0.1, 0.15) is 41.1 Å². The largest absolute Gasteiger partial charge is 0.487 e. The standard InChI is InChI=1S/C28H23Cl3F2N4O2/c1-15-6-24(33)27(34-10-15)36-13-28(38,14-36)20-5-4-18(9-21(20)29)39-12-25-19(16-2-3-16)11-35-37(25)26-22(30)7-17(32)8-23(26)31/h4-11,16,38H,2-3,12-14H2,1H3. The maximum Gasteiger partial charge on any atom is 0.165 e. The molecule has 39 heavy (non-hydrogen) atoms. The van der Waals surface area contributed by atoms with Crippen molar-refractivity contribution in [1.82, 2.24) is 14.8 Å². The molecule has 2 aromatic heterocycles. The van der Waals surface area contributed by atoms with Crippen LogP contribution in [0.5, 0.6) is 5.75 Å². The number of benzene rings is 2. The molecule has 0 amide bonds. The molecule has 0 spiro atoms. The lowest BCUT2D eigenvalue weighted by molar-refractivity contribution is 0.00672. The van der Waals surface area contributed by atoms with Crippen LogP contribution in [0.4, 0.5) is 14.6 Å². The van der Waals surface area contributed by atoms with Crippen molar-refractivity contribution >= 4 is 40.6 Å². The molecule has 0 radical (unpaired) electrons. The summed E-state index contributed by atoms with van der Waals surface area (Å²) in [4.78, 5) is 5.83. The third-order valence-corrected chi connectivity index (χ3v) is 7.98. The molecular formula is C28H23Cl3F2N4O2. The normalized spacial score (nSPS) is 16.3. The zero-order chi connectivity index (χ0) is 27.5. The maximum atomic E-state index is 14.3. The van der Waals surface area contributed by atoms with Gasteiger partial charge in [-0.2, -0.15) is 5.10 Å². The molecule has 6 nitrogen and oxygen atoms in total. The molecule has 1 N–H and O–H groups in total. The Morgan fingerprint density at radius 1 is 1.03 bits per heavy atom. The first-order valence-electron chi connectivity index (χ1n) is 12.4. The molecule has 0 bridgehead atoms. The minimum Gasteiger partial charge on any atom is -0.487 e. The minimum atomic E-state index is -1.25. The van der Waals surface area contributed by atoms with Gasteiger partial charge in [-0.15, -0.1) is 0 Å². The summed E-state index contributed by atoms with van der Waals surface area (Å²) in [6.45, 7) is 2.22. The molecule has 1 aliphatic heterocycles. The molecule has 6 rings (SSSR count). The van der Waals surface area contributed by atoms with E-state index in [1.54, 1.807) is 47.1 Å². The van der Waals surface area contributed by atoms with E-state index in [9.17, 15) is 13.9 Å². The fraction of sp³-hybridized carbons (Fsp3) is 0.286. The van der Waals surface area contributed by atoms with E-state index < -0.39 is 17.2 Å². The number of pyridine rings is 1. The Kier molecular flexibility index (Phi) is 6.70. The summed E-state index contributed by atoms with van der Waals surface area (Å²) >= 11 is 19.2. The maximum absolute atomic E-state index is 14.3. The summed E-state index contributed by atoms with van der Waals surface area (Å²) in [5.41, 5.74) is 2.16. The Hall–Kier alpha value is -2.91. The number of anilines is 1. The highest BCUT2D eigenvalue weighted by Crippen LogP contribution is 2.44. The lowest BCUT2D eigenvalue weighted by Crippen LogP contribution is -2.60. The van der Waals surface area contributed by atoms with Crippen LogP contribution in [0.25, 0.3) is 5.69 Å². The van der Waals surface area contributed by atoms with Gasteiger partial charge in [0.15, 0.2) is 11.6 Å². The lowest BCUT2D eigenvalue weighted by atomic mass is 9.86. The Balaban J connectivity index is 1.21. The van der Waals surface area contributed by atoms with E-state index in [1.807, 2.05) is 0 Å². The molecule has 0 unspecified atom stereocenters. The van der Waals surface area contributed by atoms with Crippen LogP contribution >= 0.6 is 34.8 Å². The second kappa shape index (κ2) is 9.93. The minimum absolute atomic E-state index is 0.141. The van der Waals surface area contributed by atoms with Crippen LogP contribution in [0.2, 0.25) is 15.1 Å². The monoisotopic (exact) mass is 590 g/mol. The van der Waals surface area contributed by atoms with Gasteiger partial charge in [-0.25, -0.2) is 18.4 Å². The lowest BCUT2D eigenvalue weighted by Gasteiger charge is -2.47. The van der Waals surface area contributed by atoms with Crippen LogP contribution in [-0.4, -0.2) is 33.0 Å². The molecule has 1 aliphatic carbocycles. The average Bonchev–Trinajstić information content (AvgIpc) is 3.61. The zero-order valence-corrected chi connectivity index (χ0v) is 23.0. The van der Waals surface area contributed by atoms with Crippen LogP contribution in [0, 0.1) is 18.6 Å². The summed E-state index contributed by atoms with van der Waals surface area (Å²) in [6, 6.07) is 8.87. The van der Waals surface area contributed by atoms with Crippen molar-refractivity contribution in [2.24, 2.45) is 0 Å². The highest BCUT2D eigenvalue weighted by Gasteiger charge is 2.45. The van der Waals surface area contributed by atoms with E-state index in [2.05, 4.69) is 10.1 Å². The smallest absolute Gasteiger partial charge is 0.165 e. The topological polar surface area (TPSA) is 63.4 Å². The number of hydrogen-bond donors (Lipinski definition) is 1. The second-order valence-electron chi connectivity index (χ2n) is 10.1. The van der Waals surface area contributed by atoms with Crippen molar-refractivity contribution in [2.75, 3.05) is 18.0 Å². The van der Waals surface area contributed by atoms with Gasteiger partial charge >= 0.3 is 0 Å². The van der Waals surface area contributed by atoms with E-state index in [4.69, 9.17) is 39.5 Å². The number of nitrogens with zero attached hydrogens (tertiary/aromatic N) is 4. The highest BCUT2D eigenvalue weighted by atomic mass is 35.5. The van der Waals surface area contributed by atoms with Crippen molar-refractivity contribution in [2.45, 2.75) is 37.9 Å². The number of β-amino-alcohol motifs (C(OH)–C–C–N with tert-alkyl or cyclic N) is 1. The Morgan fingerprint density at radius 3 is 2.38 bits per heavy atom. The van der Waals surface area contributed by atoms with E-state index in [0.29, 0.717) is 27.9 Å². The predicted octanol–water partition coefficient (Wildman–Crippen LogP) is 6.98. The number of ether oxygens (including phenoxy) is 1. The van der Waals surface area contributed by atoms with Crippen molar-refractivity contribution in [1.29, 1.82) is 0 Å². The predicted molar refractivity (Wildman–Crippen MR) is 146 cm³/mol. The van der Waals surface area contributed by atoms with Gasteiger partial charge in [-0.1, -0.05) is 40.9 Å². The van der Waals surface area contributed by atoms with Crippen molar-refractivity contribution in [3.05, 3.63) is 97.9 Å². The van der Waals surface area contributed by atoms with Gasteiger partial charge in [-0.05, 0) is 61.6 Å². The number of aliphatic hydroxyl groups is 1. The van der Waals surface area contributed by atoms with E-state index in [1.165, 1.54) is 18.2 Å². The van der Waals surface area contributed by atoms with Gasteiger partial charge in [0.1, 0.15) is 29.5 Å². The molecule has 1 saturated heterocycles. The first-order valence-corrected chi connectivity index (χ1v) is 13.5. The first-order chi connectivity index (χ1) is 18.6. The average molecular weight is 592 g/mol. The molecule has 4 aromatic rings. The molecule has 202 valence electrons. The van der Waals surface area contributed by atoms with Gasteiger partial charge in [0.2, 0.25) is 0 Å². The summed E-state index contributed by atoms with van der Waals surface area (Å²) in [7, 11) is 0. The second-order valence-corrected chi connectivity index (χ2v) is 11.3. The zero-order valence-electron chi connectivity index (χ0n) is 20.8. The third-order valence-electron chi connectivity index (χ3n) is 7.09. The summed E-state index contributed by atoms with van der Waals surface area (Å²) in [5.74, 6) is 0.0867. The Morgan fingerprint density at radius 2 is 1.74 bits per heavy atom. The van der Waals surface area contributed by atoms with Crippen LogP contribution in [0.15, 0.2) is 48.8 Å².